The average molecular weight is 341 g/mol. The molecule has 0 saturated carbocycles. The maximum absolute atomic E-state index is 12.4. The lowest BCUT2D eigenvalue weighted by Gasteiger charge is -2.24. The summed E-state index contributed by atoms with van der Waals surface area (Å²) in [5.74, 6) is -0.277. The fourth-order valence-corrected chi connectivity index (χ4v) is 3.27. The first-order chi connectivity index (χ1) is 12.0. The Balaban J connectivity index is 1.63. The minimum absolute atomic E-state index is 0.0693. The number of hydrogen-bond acceptors (Lipinski definition) is 4. The summed E-state index contributed by atoms with van der Waals surface area (Å²) in [7, 11) is 1.58. The van der Waals surface area contributed by atoms with Gasteiger partial charge < -0.3 is 15.0 Å². The summed E-state index contributed by atoms with van der Waals surface area (Å²) in [5, 5.41) is 12.9. The number of aliphatic hydroxyl groups is 1. The zero-order chi connectivity index (χ0) is 17.8. The molecule has 25 heavy (non-hydrogen) atoms. The number of aromatic nitrogens is 1. The Morgan fingerprint density at radius 1 is 1.20 bits per heavy atom. The summed E-state index contributed by atoms with van der Waals surface area (Å²) in [6.45, 7) is 1.77. The first kappa shape index (κ1) is 17.4. The molecule has 6 nitrogen and oxygen atoms in total. The Hall–Kier alpha value is -2.44. The van der Waals surface area contributed by atoms with Crippen molar-refractivity contribution in [2.24, 2.45) is 7.05 Å². The van der Waals surface area contributed by atoms with E-state index in [0.717, 1.165) is 6.54 Å². The summed E-state index contributed by atoms with van der Waals surface area (Å²) in [6.07, 6.45) is 0.243. The van der Waals surface area contributed by atoms with Gasteiger partial charge in [0.25, 0.3) is 11.5 Å². The van der Waals surface area contributed by atoms with Gasteiger partial charge in [-0.2, -0.15) is 0 Å². The molecule has 0 spiro atoms. The van der Waals surface area contributed by atoms with Gasteiger partial charge in [-0.15, -0.1) is 0 Å². The van der Waals surface area contributed by atoms with Crippen molar-refractivity contribution in [1.29, 1.82) is 0 Å². The van der Waals surface area contributed by atoms with Gasteiger partial charge >= 0.3 is 0 Å². The molecule has 1 aromatic carbocycles. The number of pyridine rings is 1. The molecule has 1 aliphatic heterocycles. The molecule has 2 aromatic rings. The third-order valence-corrected chi connectivity index (χ3v) is 4.65. The van der Waals surface area contributed by atoms with E-state index in [1.54, 1.807) is 19.2 Å². The number of benzene rings is 1. The van der Waals surface area contributed by atoms with Crippen LogP contribution in [0.1, 0.15) is 22.5 Å². The fraction of sp³-hybridized carbons (Fsp3) is 0.368. The number of aliphatic hydroxyl groups excluding tert-OH is 1. The number of β-amino-alcohol motifs (C(OH)–C–C–N with tert-alkyl or cyclic N) is 1. The molecule has 1 saturated heterocycles. The number of hydrogen-bond donors (Lipinski definition) is 2. The van der Waals surface area contributed by atoms with Crippen molar-refractivity contribution < 1.29 is 9.90 Å². The van der Waals surface area contributed by atoms with Crippen LogP contribution in [0.3, 0.4) is 0 Å². The van der Waals surface area contributed by atoms with E-state index >= 15 is 0 Å². The molecule has 6 heteroatoms. The summed E-state index contributed by atoms with van der Waals surface area (Å²) in [6, 6.07) is 14.8. The zero-order valence-electron chi connectivity index (χ0n) is 14.3. The summed E-state index contributed by atoms with van der Waals surface area (Å²) >= 11 is 0. The van der Waals surface area contributed by atoms with Crippen molar-refractivity contribution in [2.75, 3.05) is 13.1 Å². The minimum atomic E-state index is -0.383. The van der Waals surface area contributed by atoms with Crippen molar-refractivity contribution in [2.45, 2.75) is 25.1 Å². The van der Waals surface area contributed by atoms with E-state index in [2.05, 4.69) is 22.3 Å². The van der Waals surface area contributed by atoms with Crippen LogP contribution < -0.4 is 10.9 Å². The molecule has 132 valence electrons. The van der Waals surface area contributed by atoms with E-state index in [1.165, 1.54) is 16.2 Å². The molecule has 1 aromatic heterocycles. The van der Waals surface area contributed by atoms with E-state index in [4.69, 9.17) is 0 Å². The highest BCUT2D eigenvalue weighted by molar-refractivity contribution is 5.92. The van der Waals surface area contributed by atoms with E-state index in [0.29, 0.717) is 25.2 Å². The molecular formula is C19H23N3O3. The lowest BCUT2D eigenvalue weighted by Crippen LogP contribution is -2.41. The van der Waals surface area contributed by atoms with E-state index < -0.39 is 0 Å². The SMILES string of the molecule is Cn1c(C(=O)NCC2CC(O)CN2Cc2ccccc2)cccc1=O. The van der Waals surface area contributed by atoms with Gasteiger partial charge in [-0.1, -0.05) is 36.4 Å². The van der Waals surface area contributed by atoms with Crippen molar-refractivity contribution in [3.05, 3.63) is 70.1 Å². The maximum Gasteiger partial charge on any atom is 0.268 e. The van der Waals surface area contributed by atoms with Crippen LogP contribution in [0.25, 0.3) is 0 Å². The molecule has 2 N–H and O–H groups in total. The first-order valence-electron chi connectivity index (χ1n) is 8.45. The lowest BCUT2D eigenvalue weighted by atomic mass is 10.1. The van der Waals surface area contributed by atoms with E-state index in [9.17, 15) is 14.7 Å². The number of likely N-dealkylation sites (tertiary alicyclic amines) is 1. The van der Waals surface area contributed by atoms with Crippen LogP contribution in [0, 0.1) is 0 Å². The maximum atomic E-state index is 12.4. The third-order valence-electron chi connectivity index (χ3n) is 4.65. The number of rotatable bonds is 5. The van der Waals surface area contributed by atoms with Crippen molar-refractivity contribution in [1.82, 2.24) is 14.8 Å². The van der Waals surface area contributed by atoms with Gasteiger partial charge in [0.15, 0.2) is 0 Å². The molecule has 0 bridgehead atoms. The second kappa shape index (κ2) is 7.63. The predicted octanol–water partition coefficient (Wildman–Crippen LogP) is 0.750. The number of nitrogens with zero attached hydrogens (tertiary/aromatic N) is 2. The molecule has 0 aliphatic carbocycles. The number of carbonyl (C=O) groups is 1. The molecule has 1 amide bonds. The van der Waals surface area contributed by atoms with Gasteiger partial charge in [-0.3, -0.25) is 14.5 Å². The summed E-state index contributed by atoms with van der Waals surface area (Å²) < 4.78 is 1.33. The topological polar surface area (TPSA) is 74.6 Å². The second-order valence-corrected chi connectivity index (χ2v) is 6.48. The highest BCUT2D eigenvalue weighted by Gasteiger charge is 2.31. The smallest absolute Gasteiger partial charge is 0.268 e. The second-order valence-electron chi connectivity index (χ2n) is 6.48. The highest BCUT2D eigenvalue weighted by atomic mass is 16.3. The van der Waals surface area contributed by atoms with Gasteiger partial charge in [0, 0.05) is 38.8 Å². The van der Waals surface area contributed by atoms with E-state index in [-0.39, 0.29) is 23.6 Å². The molecule has 2 heterocycles. The number of amides is 1. The van der Waals surface area contributed by atoms with Gasteiger partial charge in [0.05, 0.1) is 6.10 Å². The summed E-state index contributed by atoms with van der Waals surface area (Å²) in [5.41, 5.74) is 1.30. The third kappa shape index (κ3) is 4.15. The van der Waals surface area contributed by atoms with Crippen LogP contribution in [0.4, 0.5) is 0 Å². The van der Waals surface area contributed by atoms with Crippen LogP contribution in [-0.4, -0.2) is 45.7 Å². The monoisotopic (exact) mass is 341 g/mol. The van der Waals surface area contributed by atoms with Crippen molar-refractivity contribution in [3.8, 4) is 0 Å². The molecule has 1 aliphatic rings. The quantitative estimate of drug-likeness (QED) is 0.842. The van der Waals surface area contributed by atoms with Crippen molar-refractivity contribution in [3.63, 3.8) is 0 Å². The number of nitrogens with one attached hydrogen (secondary N) is 1. The Morgan fingerprint density at radius 2 is 1.96 bits per heavy atom. The Morgan fingerprint density at radius 3 is 2.72 bits per heavy atom. The Kier molecular flexibility index (Phi) is 5.31. The molecule has 2 atom stereocenters. The molecular weight excluding hydrogens is 318 g/mol. The van der Waals surface area contributed by atoms with Gasteiger partial charge in [0.2, 0.25) is 0 Å². The highest BCUT2D eigenvalue weighted by Crippen LogP contribution is 2.20. The first-order valence-corrected chi connectivity index (χ1v) is 8.45. The van der Waals surface area contributed by atoms with E-state index in [1.807, 2.05) is 18.2 Å². The van der Waals surface area contributed by atoms with Gasteiger partial charge in [-0.05, 0) is 18.1 Å². The molecule has 1 fully saturated rings. The largest absolute Gasteiger partial charge is 0.392 e. The zero-order valence-corrected chi connectivity index (χ0v) is 14.3. The van der Waals surface area contributed by atoms with Gasteiger partial charge in [-0.25, -0.2) is 0 Å². The van der Waals surface area contributed by atoms with Crippen LogP contribution in [0.15, 0.2) is 53.3 Å². The predicted molar refractivity (Wildman–Crippen MR) is 95.3 cm³/mol. The fourth-order valence-electron chi connectivity index (χ4n) is 3.27. The average Bonchev–Trinajstić information content (AvgIpc) is 2.95. The lowest BCUT2D eigenvalue weighted by molar-refractivity contribution is 0.0930. The molecule has 0 radical (unpaired) electrons. The minimum Gasteiger partial charge on any atom is -0.392 e. The van der Waals surface area contributed by atoms with Crippen LogP contribution in [-0.2, 0) is 13.6 Å². The summed E-state index contributed by atoms with van der Waals surface area (Å²) in [4.78, 5) is 26.2. The van der Waals surface area contributed by atoms with Gasteiger partial charge in [0.1, 0.15) is 5.69 Å². The molecule has 2 unspecified atom stereocenters. The standard InChI is InChI=1S/C19H23N3O3/c1-21-17(8-5-9-18(21)24)19(25)20-11-15-10-16(23)13-22(15)12-14-6-3-2-4-7-14/h2-9,15-16,23H,10-13H2,1H3,(H,20,25). The Labute approximate surface area is 146 Å². The number of carbonyl (C=O) groups excluding carboxylic acids is 1. The van der Waals surface area contributed by atoms with Crippen LogP contribution >= 0.6 is 0 Å². The Bertz CT molecular complexity index is 788. The normalized spacial score (nSPS) is 20.6. The van der Waals surface area contributed by atoms with Crippen LogP contribution in [0.2, 0.25) is 0 Å². The van der Waals surface area contributed by atoms with Crippen LogP contribution in [0.5, 0.6) is 0 Å². The van der Waals surface area contributed by atoms with Crippen molar-refractivity contribution >= 4 is 5.91 Å². The molecule has 3 rings (SSSR count).